The maximum absolute atomic E-state index is 12.6. The number of alkyl halides is 1. The second-order valence-electron chi connectivity index (χ2n) is 2.60. The van der Waals surface area contributed by atoms with Crippen molar-refractivity contribution in [2.24, 2.45) is 0 Å². The number of rotatable bonds is 0. The minimum atomic E-state index is -1.43. The van der Waals surface area contributed by atoms with Crippen LogP contribution < -0.4 is 0 Å². The SMILES string of the molecule is O=C(O)N1CCC(O)C(F)C1. The molecule has 0 aromatic rings. The number of amides is 1. The van der Waals surface area contributed by atoms with Gasteiger partial charge in [-0.05, 0) is 6.42 Å². The molecule has 2 atom stereocenters. The maximum atomic E-state index is 12.6. The van der Waals surface area contributed by atoms with Gasteiger partial charge in [-0.2, -0.15) is 0 Å². The summed E-state index contributed by atoms with van der Waals surface area (Å²) in [5, 5.41) is 17.3. The highest BCUT2D eigenvalue weighted by Crippen LogP contribution is 2.13. The Morgan fingerprint density at radius 3 is 2.73 bits per heavy atom. The van der Waals surface area contributed by atoms with Crippen molar-refractivity contribution >= 4 is 6.09 Å². The van der Waals surface area contributed by atoms with Crippen molar-refractivity contribution in [3.05, 3.63) is 0 Å². The predicted octanol–water partition coefficient (Wildman–Crippen LogP) is 0.0691. The molecule has 0 radical (unpaired) electrons. The number of hydrogen-bond acceptors (Lipinski definition) is 2. The van der Waals surface area contributed by atoms with Crippen LogP contribution in [0.5, 0.6) is 0 Å². The Bertz CT molecular complexity index is 164. The topological polar surface area (TPSA) is 60.8 Å². The van der Waals surface area contributed by atoms with Gasteiger partial charge in [-0.25, -0.2) is 9.18 Å². The summed E-state index contributed by atoms with van der Waals surface area (Å²) < 4.78 is 12.6. The molecule has 5 heteroatoms. The molecule has 1 rings (SSSR count). The molecule has 11 heavy (non-hydrogen) atoms. The van der Waals surface area contributed by atoms with E-state index in [9.17, 15) is 9.18 Å². The molecule has 64 valence electrons. The number of hydrogen-bond donors (Lipinski definition) is 2. The fraction of sp³-hybridized carbons (Fsp3) is 0.833. The molecule has 1 amide bonds. The summed E-state index contributed by atoms with van der Waals surface area (Å²) in [7, 11) is 0. The summed E-state index contributed by atoms with van der Waals surface area (Å²) >= 11 is 0. The van der Waals surface area contributed by atoms with Crippen molar-refractivity contribution in [2.75, 3.05) is 13.1 Å². The van der Waals surface area contributed by atoms with E-state index >= 15 is 0 Å². The van der Waals surface area contributed by atoms with Crippen molar-refractivity contribution in [1.29, 1.82) is 0 Å². The monoisotopic (exact) mass is 163 g/mol. The number of likely N-dealkylation sites (tertiary alicyclic amines) is 1. The molecule has 0 aromatic heterocycles. The van der Waals surface area contributed by atoms with E-state index in [2.05, 4.69) is 0 Å². The van der Waals surface area contributed by atoms with Crippen LogP contribution >= 0.6 is 0 Å². The van der Waals surface area contributed by atoms with E-state index in [0.29, 0.717) is 0 Å². The van der Waals surface area contributed by atoms with Crippen LogP contribution in [0.1, 0.15) is 6.42 Å². The van der Waals surface area contributed by atoms with E-state index in [1.165, 1.54) is 0 Å². The van der Waals surface area contributed by atoms with Crippen LogP contribution in [0.3, 0.4) is 0 Å². The molecule has 1 heterocycles. The van der Waals surface area contributed by atoms with Crippen LogP contribution in [0.4, 0.5) is 9.18 Å². The maximum Gasteiger partial charge on any atom is 0.407 e. The first-order chi connectivity index (χ1) is 5.11. The standard InChI is InChI=1S/C6H10FNO3/c7-4-3-8(6(10)11)2-1-5(4)9/h4-5,9H,1-3H2,(H,10,11). The van der Waals surface area contributed by atoms with Gasteiger partial charge < -0.3 is 15.1 Å². The molecule has 1 saturated heterocycles. The van der Waals surface area contributed by atoms with Crippen LogP contribution in [-0.4, -0.2) is 46.6 Å². The zero-order chi connectivity index (χ0) is 8.43. The van der Waals surface area contributed by atoms with E-state index in [-0.39, 0.29) is 19.5 Å². The minimum absolute atomic E-state index is 0.188. The molecule has 2 unspecified atom stereocenters. The number of carboxylic acid groups (broad SMARTS) is 1. The highest BCUT2D eigenvalue weighted by atomic mass is 19.1. The first kappa shape index (κ1) is 8.26. The third kappa shape index (κ3) is 1.80. The third-order valence-corrected chi connectivity index (χ3v) is 1.78. The number of piperidine rings is 1. The van der Waals surface area contributed by atoms with Gasteiger partial charge in [-0.3, -0.25) is 0 Å². The van der Waals surface area contributed by atoms with Gasteiger partial charge in [0, 0.05) is 6.54 Å². The molecule has 0 aliphatic carbocycles. The first-order valence-electron chi connectivity index (χ1n) is 3.41. The summed E-state index contributed by atoms with van der Waals surface area (Å²) in [6.07, 6.45) is -3.36. The molecular weight excluding hydrogens is 153 g/mol. The Morgan fingerprint density at radius 1 is 1.64 bits per heavy atom. The van der Waals surface area contributed by atoms with Gasteiger partial charge in [-0.1, -0.05) is 0 Å². The highest BCUT2D eigenvalue weighted by Gasteiger charge is 2.29. The lowest BCUT2D eigenvalue weighted by Crippen LogP contribution is -2.46. The molecular formula is C6H10FNO3. The Balaban J connectivity index is 2.46. The quantitative estimate of drug-likeness (QED) is 0.531. The molecule has 1 aliphatic heterocycles. The molecule has 1 fully saturated rings. The number of halogens is 1. The van der Waals surface area contributed by atoms with Gasteiger partial charge in [0.2, 0.25) is 0 Å². The Hall–Kier alpha value is -0.840. The lowest BCUT2D eigenvalue weighted by Gasteiger charge is -2.29. The Morgan fingerprint density at radius 2 is 2.27 bits per heavy atom. The van der Waals surface area contributed by atoms with Crippen molar-refractivity contribution in [3.63, 3.8) is 0 Å². The summed E-state index contributed by atoms with van der Waals surface area (Å²) in [4.78, 5) is 11.3. The van der Waals surface area contributed by atoms with Gasteiger partial charge in [0.15, 0.2) is 0 Å². The molecule has 0 aromatic carbocycles. The minimum Gasteiger partial charge on any atom is -0.465 e. The lowest BCUT2D eigenvalue weighted by atomic mass is 10.1. The van der Waals surface area contributed by atoms with Gasteiger partial charge in [0.25, 0.3) is 0 Å². The molecule has 0 bridgehead atoms. The smallest absolute Gasteiger partial charge is 0.407 e. The lowest BCUT2D eigenvalue weighted by molar-refractivity contribution is 0.0106. The number of carbonyl (C=O) groups is 1. The fourth-order valence-corrected chi connectivity index (χ4v) is 1.07. The second-order valence-corrected chi connectivity index (χ2v) is 2.60. The Kier molecular flexibility index (Phi) is 2.28. The van der Waals surface area contributed by atoms with Crippen LogP contribution in [-0.2, 0) is 0 Å². The van der Waals surface area contributed by atoms with Crippen molar-refractivity contribution in [3.8, 4) is 0 Å². The first-order valence-corrected chi connectivity index (χ1v) is 3.41. The van der Waals surface area contributed by atoms with Gasteiger partial charge in [0.1, 0.15) is 6.17 Å². The molecule has 0 saturated carbocycles. The van der Waals surface area contributed by atoms with Crippen LogP contribution in [0.25, 0.3) is 0 Å². The average molecular weight is 163 g/mol. The van der Waals surface area contributed by atoms with Gasteiger partial charge in [-0.15, -0.1) is 0 Å². The fourth-order valence-electron chi connectivity index (χ4n) is 1.07. The van der Waals surface area contributed by atoms with E-state index < -0.39 is 18.4 Å². The second kappa shape index (κ2) is 3.04. The van der Waals surface area contributed by atoms with E-state index in [1.54, 1.807) is 0 Å². The Labute approximate surface area is 63.2 Å². The number of aliphatic hydroxyl groups is 1. The summed E-state index contributed by atoms with van der Waals surface area (Å²) in [6.45, 7) is 0.00736. The van der Waals surface area contributed by atoms with Crippen molar-refractivity contribution in [1.82, 2.24) is 4.90 Å². The summed E-state index contributed by atoms with van der Waals surface area (Å²) in [5.41, 5.74) is 0. The zero-order valence-electron chi connectivity index (χ0n) is 5.90. The normalized spacial score (nSPS) is 32.0. The third-order valence-electron chi connectivity index (χ3n) is 1.78. The summed E-state index contributed by atoms with van der Waals surface area (Å²) in [6, 6.07) is 0. The molecule has 2 N–H and O–H groups in total. The van der Waals surface area contributed by atoms with E-state index in [0.717, 1.165) is 4.90 Å². The van der Waals surface area contributed by atoms with Crippen LogP contribution in [0.15, 0.2) is 0 Å². The van der Waals surface area contributed by atoms with Crippen molar-refractivity contribution in [2.45, 2.75) is 18.7 Å². The van der Waals surface area contributed by atoms with Crippen molar-refractivity contribution < 1.29 is 19.4 Å². The van der Waals surface area contributed by atoms with Gasteiger partial charge in [0.05, 0.1) is 12.6 Å². The molecule has 0 spiro atoms. The van der Waals surface area contributed by atoms with Crippen LogP contribution in [0, 0.1) is 0 Å². The zero-order valence-corrected chi connectivity index (χ0v) is 5.90. The van der Waals surface area contributed by atoms with E-state index in [1.807, 2.05) is 0 Å². The van der Waals surface area contributed by atoms with E-state index in [4.69, 9.17) is 10.2 Å². The predicted molar refractivity (Wildman–Crippen MR) is 35.1 cm³/mol. The summed E-state index contributed by atoms with van der Waals surface area (Å²) in [5.74, 6) is 0. The van der Waals surface area contributed by atoms with Crippen LogP contribution in [0.2, 0.25) is 0 Å². The number of aliphatic hydroxyl groups excluding tert-OH is 1. The molecule has 1 aliphatic rings. The number of nitrogens with zero attached hydrogens (tertiary/aromatic N) is 1. The highest BCUT2D eigenvalue weighted by molar-refractivity contribution is 5.65. The van der Waals surface area contributed by atoms with Gasteiger partial charge >= 0.3 is 6.09 Å². The molecule has 4 nitrogen and oxygen atoms in total. The largest absolute Gasteiger partial charge is 0.465 e. The average Bonchev–Trinajstić information content (AvgIpc) is 1.94.